The van der Waals surface area contributed by atoms with Crippen LogP contribution in [0.2, 0.25) is 0 Å². The van der Waals surface area contributed by atoms with Crippen molar-refractivity contribution in [1.82, 2.24) is 24.3 Å². The minimum atomic E-state index is 0.0826. The van der Waals surface area contributed by atoms with E-state index in [9.17, 15) is 4.79 Å². The van der Waals surface area contributed by atoms with E-state index in [2.05, 4.69) is 19.4 Å². The fraction of sp³-hybridized carbons (Fsp3) is 0.500. The summed E-state index contributed by atoms with van der Waals surface area (Å²) < 4.78 is 2.23. The largest absolute Gasteiger partial charge is 0.333 e. The third-order valence-electron chi connectivity index (χ3n) is 4.99. The number of likely N-dealkylation sites (tertiary alicyclic amines) is 1. The Balaban J connectivity index is 1.55. The first-order chi connectivity index (χ1) is 11.8. The Hall–Kier alpha value is -2.21. The highest BCUT2D eigenvalue weighted by Crippen LogP contribution is 2.20. The summed E-state index contributed by atoms with van der Waals surface area (Å²) in [6, 6.07) is 3.57. The monoisotopic (exact) mass is 325 g/mol. The Morgan fingerprint density at radius 1 is 1.04 bits per heavy atom. The van der Waals surface area contributed by atoms with Gasteiger partial charge in [0.05, 0.1) is 24.3 Å². The fourth-order valence-electron chi connectivity index (χ4n) is 3.65. The third-order valence-corrected chi connectivity index (χ3v) is 4.99. The molecule has 0 saturated carbocycles. The molecule has 0 spiro atoms. The summed E-state index contributed by atoms with van der Waals surface area (Å²) in [5.74, 6) is 0.0826. The summed E-state index contributed by atoms with van der Waals surface area (Å²) in [5, 5.41) is 0. The number of imidazole rings is 1. The number of hydrogen-bond donors (Lipinski definition) is 0. The molecule has 6 nitrogen and oxygen atoms in total. The van der Waals surface area contributed by atoms with Gasteiger partial charge in [0.1, 0.15) is 0 Å². The van der Waals surface area contributed by atoms with Gasteiger partial charge in [-0.25, -0.2) is 4.98 Å². The standard InChI is InChI=1S/C18H23N5O/c24-18(15-4-6-19-7-5-15)22-10-3-11-23-14-20-16(17(23)13-22)12-21-8-1-2-9-21/h4-7,14H,1-3,8-13H2. The number of aromatic nitrogens is 3. The van der Waals surface area contributed by atoms with Crippen molar-refractivity contribution in [3.8, 4) is 0 Å². The van der Waals surface area contributed by atoms with Crippen LogP contribution in [-0.4, -0.2) is 49.9 Å². The molecule has 0 unspecified atom stereocenters. The van der Waals surface area contributed by atoms with Crippen LogP contribution in [0.1, 0.15) is 41.0 Å². The second kappa shape index (κ2) is 6.73. The lowest BCUT2D eigenvalue weighted by molar-refractivity contribution is 0.0745. The third kappa shape index (κ3) is 3.06. The summed E-state index contributed by atoms with van der Waals surface area (Å²) in [6.45, 7) is 5.58. The normalized spacial score (nSPS) is 18.4. The number of pyridine rings is 1. The van der Waals surface area contributed by atoms with Crippen molar-refractivity contribution in [1.29, 1.82) is 0 Å². The van der Waals surface area contributed by atoms with Crippen LogP contribution in [0.15, 0.2) is 30.9 Å². The zero-order chi connectivity index (χ0) is 16.4. The number of aryl methyl sites for hydroxylation is 1. The topological polar surface area (TPSA) is 54.3 Å². The molecule has 4 heterocycles. The molecule has 0 aliphatic carbocycles. The molecule has 126 valence electrons. The van der Waals surface area contributed by atoms with Crippen molar-refractivity contribution in [2.45, 2.75) is 38.9 Å². The molecule has 0 radical (unpaired) electrons. The van der Waals surface area contributed by atoms with E-state index in [1.807, 2.05) is 11.2 Å². The lowest BCUT2D eigenvalue weighted by atomic mass is 10.2. The maximum absolute atomic E-state index is 12.8. The number of rotatable bonds is 3. The highest BCUT2D eigenvalue weighted by molar-refractivity contribution is 5.94. The van der Waals surface area contributed by atoms with Crippen LogP contribution >= 0.6 is 0 Å². The van der Waals surface area contributed by atoms with Gasteiger partial charge in [-0.3, -0.25) is 14.7 Å². The summed E-state index contributed by atoms with van der Waals surface area (Å²) in [5.41, 5.74) is 3.03. The number of hydrogen-bond acceptors (Lipinski definition) is 4. The molecule has 0 aromatic carbocycles. The molecule has 24 heavy (non-hydrogen) atoms. The van der Waals surface area contributed by atoms with Crippen LogP contribution in [0.4, 0.5) is 0 Å². The molecule has 0 N–H and O–H groups in total. The van der Waals surface area contributed by atoms with Crippen molar-refractivity contribution in [3.05, 3.63) is 47.8 Å². The van der Waals surface area contributed by atoms with E-state index in [4.69, 9.17) is 0 Å². The smallest absolute Gasteiger partial charge is 0.254 e. The summed E-state index contributed by atoms with van der Waals surface area (Å²) in [6.07, 6.45) is 8.82. The molecule has 2 aliphatic heterocycles. The molecular formula is C18H23N5O. The van der Waals surface area contributed by atoms with E-state index in [1.165, 1.54) is 18.5 Å². The molecule has 4 rings (SSSR count). The molecule has 6 heteroatoms. The SMILES string of the molecule is O=C(c1ccncc1)N1CCCn2cnc(CN3CCCC3)c2C1. The van der Waals surface area contributed by atoms with E-state index in [1.54, 1.807) is 24.5 Å². The predicted octanol–water partition coefficient (Wildman–Crippen LogP) is 1.92. The Morgan fingerprint density at radius 2 is 1.83 bits per heavy atom. The molecule has 2 aliphatic rings. The second-order valence-electron chi connectivity index (χ2n) is 6.63. The average Bonchev–Trinajstić information content (AvgIpc) is 3.20. The number of carbonyl (C=O) groups excluding carboxylic acids is 1. The number of amides is 1. The van der Waals surface area contributed by atoms with Gasteiger partial charge in [-0.15, -0.1) is 0 Å². The first kappa shape index (κ1) is 15.3. The molecule has 1 saturated heterocycles. The fourth-order valence-corrected chi connectivity index (χ4v) is 3.65. The van der Waals surface area contributed by atoms with Crippen molar-refractivity contribution >= 4 is 5.91 Å². The number of nitrogens with zero attached hydrogens (tertiary/aromatic N) is 5. The van der Waals surface area contributed by atoms with Crippen molar-refractivity contribution in [2.24, 2.45) is 0 Å². The molecule has 1 amide bonds. The first-order valence-corrected chi connectivity index (χ1v) is 8.76. The van der Waals surface area contributed by atoms with E-state index >= 15 is 0 Å². The van der Waals surface area contributed by atoms with Crippen LogP contribution in [0, 0.1) is 0 Å². The van der Waals surface area contributed by atoms with E-state index in [-0.39, 0.29) is 5.91 Å². The summed E-state index contributed by atoms with van der Waals surface area (Å²) >= 11 is 0. The first-order valence-electron chi connectivity index (χ1n) is 8.76. The Bertz CT molecular complexity index is 705. The van der Waals surface area contributed by atoms with Crippen molar-refractivity contribution in [3.63, 3.8) is 0 Å². The highest BCUT2D eigenvalue weighted by Gasteiger charge is 2.24. The van der Waals surface area contributed by atoms with Gasteiger partial charge < -0.3 is 9.47 Å². The quantitative estimate of drug-likeness (QED) is 0.865. The van der Waals surface area contributed by atoms with Crippen LogP contribution in [0.5, 0.6) is 0 Å². The maximum atomic E-state index is 12.8. The van der Waals surface area contributed by atoms with Gasteiger partial charge in [0.15, 0.2) is 0 Å². The van der Waals surface area contributed by atoms with Gasteiger partial charge in [-0.2, -0.15) is 0 Å². The zero-order valence-electron chi connectivity index (χ0n) is 13.9. The van der Waals surface area contributed by atoms with Gasteiger partial charge in [0.25, 0.3) is 5.91 Å². The van der Waals surface area contributed by atoms with E-state index in [0.717, 1.165) is 44.8 Å². The lowest BCUT2D eigenvalue weighted by Gasteiger charge is -2.21. The molecular weight excluding hydrogens is 302 g/mol. The lowest BCUT2D eigenvalue weighted by Crippen LogP contribution is -2.31. The van der Waals surface area contributed by atoms with E-state index in [0.29, 0.717) is 12.1 Å². The average molecular weight is 325 g/mol. The molecule has 2 aromatic heterocycles. The Kier molecular flexibility index (Phi) is 4.30. The van der Waals surface area contributed by atoms with Gasteiger partial charge in [0, 0.05) is 37.6 Å². The summed E-state index contributed by atoms with van der Waals surface area (Å²) in [4.78, 5) is 25.9. The van der Waals surface area contributed by atoms with Gasteiger partial charge in [-0.05, 0) is 44.5 Å². The van der Waals surface area contributed by atoms with E-state index < -0.39 is 0 Å². The van der Waals surface area contributed by atoms with Crippen LogP contribution in [0.25, 0.3) is 0 Å². The van der Waals surface area contributed by atoms with Crippen LogP contribution < -0.4 is 0 Å². The molecule has 0 bridgehead atoms. The van der Waals surface area contributed by atoms with Gasteiger partial charge >= 0.3 is 0 Å². The number of fused-ring (bicyclic) bond motifs is 1. The second-order valence-corrected chi connectivity index (χ2v) is 6.63. The minimum Gasteiger partial charge on any atom is -0.333 e. The Morgan fingerprint density at radius 3 is 2.62 bits per heavy atom. The number of carbonyl (C=O) groups is 1. The molecule has 0 atom stereocenters. The Labute approximate surface area is 142 Å². The van der Waals surface area contributed by atoms with Crippen LogP contribution in [0.3, 0.4) is 0 Å². The molecule has 2 aromatic rings. The summed E-state index contributed by atoms with van der Waals surface area (Å²) in [7, 11) is 0. The zero-order valence-corrected chi connectivity index (χ0v) is 13.9. The maximum Gasteiger partial charge on any atom is 0.254 e. The van der Waals surface area contributed by atoms with Crippen molar-refractivity contribution < 1.29 is 4.79 Å². The van der Waals surface area contributed by atoms with Crippen LogP contribution in [-0.2, 0) is 19.6 Å². The molecule has 1 fully saturated rings. The minimum absolute atomic E-state index is 0.0826. The van der Waals surface area contributed by atoms with Gasteiger partial charge in [-0.1, -0.05) is 0 Å². The van der Waals surface area contributed by atoms with Gasteiger partial charge in [0.2, 0.25) is 0 Å². The van der Waals surface area contributed by atoms with Crippen molar-refractivity contribution in [2.75, 3.05) is 19.6 Å². The predicted molar refractivity (Wildman–Crippen MR) is 90.3 cm³/mol. The highest BCUT2D eigenvalue weighted by atomic mass is 16.2.